The number of benzene rings is 18. The summed E-state index contributed by atoms with van der Waals surface area (Å²) in [7, 11) is 0. The Morgan fingerprint density at radius 1 is 0.155 bits per heavy atom. The molecule has 0 aliphatic rings. The standard InChI is InChI=1S/C116H80/c1-3-5-7-9-11-13-55-99-101-57-27-43-87-65-61-83-39-23-51-95-69-91-47-19-35-79(105(91)73-109(83)95)31-15-17-33-81-37-21-49-93-71-97-53-25-41-85(111(97)75-107(81)93)63-67-89-45-29-59-103-100(56-14-12-10-8-6-4-2)104-60-30-46-90(116(104)78-115(89)103)68-64-86-42-26-54-98-72-94-50-22-38-82(108(94)76-112(86)98)34-18-16-32-80-36-20-48-92-70-96-52-24-40-84(110(96)74-106(80)92)62-66-88-44-28-58-102(99)114(88)77-113(87)101/h19-30,35-54,57-60,69-78H,3-14,55-56H2,1-2H3. The second-order valence-electron chi connectivity index (χ2n) is 31.0. The van der Waals surface area contributed by atoms with Gasteiger partial charge in [0.15, 0.2) is 0 Å². The smallest absolute Gasteiger partial charge is 0.0334 e. The van der Waals surface area contributed by atoms with E-state index in [-0.39, 0.29) is 0 Å². The van der Waals surface area contributed by atoms with Crippen LogP contribution in [0.15, 0.2) is 279 Å². The van der Waals surface area contributed by atoms with Crippen LogP contribution in [0.4, 0.5) is 0 Å². The van der Waals surface area contributed by atoms with E-state index < -0.39 is 0 Å². The summed E-state index contributed by atoms with van der Waals surface area (Å²) in [5.74, 6) is 0. The SMILES string of the molecule is CCCCCCCCc1c2cccc3c#cc4cccc5cc6cccc(c#cc#cc7cccc8cc9cccc(c#cc%10cccc%11c(CCCCCCCC)c%12cccc(c#cc%13cccc%14cc%15cccc(c#cc#cc%16cccc%17cc%18cccc(c#cc%19cccc1c%19cc32)c%18cc%16%17)c%15cc%13%14)c%12cc%10%11)c9cc78)c6cc45. The Hall–Kier alpha value is -14.4. The van der Waals surface area contributed by atoms with Crippen LogP contribution in [0, 0.1) is 97.1 Å². The molecule has 0 heterocycles. The van der Waals surface area contributed by atoms with Crippen molar-refractivity contribution >= 4 is 194 Å². The van der Waals surface area contributed by atoms with E-state index in [2.05, 4.69) is 390 Å². The predicted octanol–water partition coefficient (Wildman–Crippen LogP) is 31.2. The first-order valence-electron chi connectivity index (χ1n) is 41.3. The van der Waals surface area contributed by atoms with Crippen LogP contribution < -0.4 is 0 Å². The Labute approximate surface area is 680 Å². The van der Waals surface area contributed by atoms with Crippen molar-refractivity contribution in [3.63, 3.8) is 0 Å². The van der Waals surface area contributed by atoms with Crippen LogP contribution in [0.5, 0.6) is 0 Å². The second-order valence-corrected chi connectivity index (χ2v) is 31.0. The quantitative estimate of drug-likeness (QED) is 0.0752. The third-order valence-corrected chi connectivity index (χ3v) is 23.6. The molecule has 544 valence electrons. The van der Waals surface area contributed by atoms with E-state index in [1.54, 1.807) is 0 Å². The Morgan fingerprint density at radius 2 is 0.328 bits per heavy atom. The lowest BCUT2D eigenvalue weighted by molar-refractivity contribution is 0.609. The molecule has 0 heteroatoms. The van der Waals surface area contributed by atoms with Crippen molar-refractivity contribution in [2.24, 2.45) is 0 Å². The van der Waals surface area contributed by atoms with Crippen molar-refractivity contribution in [3.8, 4) is 0 Å². The molecular weight excluding hydrogens is 1390 g/mol. The van der Waals surface area contributed by atoms with Crippen LogP contribution in [0.2, 0.25) is 0 Å². The third-order valence-electron chi connectivity index (χ3n) is 23.6. The van der Waals surface area contributed by atoms with Crippen LogP contribution in [-0.2, 0) is 12.8 Å². The highest BCUT2D eigenvalue weighted by Gasteiger charge is 2.15. The average Bonchev–Trinajstić information content (AvgIpc) is 0.762. The van der Waals surface area contributed by atoms with E-state index in [1.165, 1.54) is 96.9 Å². The van der Waals surface area contributed by atoms with Gasteiger partial charge in [-0.2, -0.15) is 0 Å². The van der Waals surface area contributed by atoms with Gasteiger partial charge in [-0.3, -0.25) is 0 Å². The molecule has 0 N–H and O–H groups in total. The van der Waals surface area contributed by atoms with Crippen LogP contribution in [0.1, 0.15) is 102 Å². The maximum Gasteiger partial charge on any atom is 0.0334 e. The molecule has 0 nitrogen and oxygen atoms in total. The molecule has 0 aliphatic heterocycles. The number of aryl methyl sites for hydroxylation is 2. The number of hydrogen-bond acceptors (Lipinski definition) is 0. The van der Waals surface area contributed by atoms with Crippen molar-refractivity contribution in [1.29, 1.82) is 0 Å². The highest BCUT2D eigenvalue weighted by atomic mass is 14.2. The van der Waals surface area contributed by atoms with Crippen LogP contribution in [-0.4, -0.2) is 0 Å². The molecule has 12 bridgehead atoms. The van der Waals surface area contributed by atoms with Gasteiger partial charge in [-0.05, 0) is 324 Å². The normalized spacial score (nSPS) is 11.1. The van der Waals surface area contributed by atoms with E-state index >= 15 is 0 Å². The molecule has 116 heavy (non-hydrogen) atoms. The minimum absolute atomic E-state index is 0.914. The fraction of sp³-hybridized carbons (Fsp3) is 0.138. The summed E-state index contributed by atoms with van der Waals surface area (Å²) in [5, 5.41) is 38.5. The highest BCUT2D eigenvalue weighted by Crippen LogP contribution is 2.39. The highest BCUT2D eigenvalue weighted by molar-refractivity contribution is 6.18. The van der Waals surface area contributed by atoms with Gasteiger partial charge in [0.05, 0.1) is 0 Å². The maximum atomic E-state index is 3.76. The van der Waals surface area contributed by atoms with Crippen molar-refractivity contribution in [2.75, 3.05) is 0 Å². The summed E-state index contributed by atoms with van der Waals surface area (Å²) in [6.07, 6.45) is 16.6. The van der Waals surface area contributed by atoms with Gasteiger partial charge in [-0.1, -0.05) is 296 Å². The molecule has 0 saturated carbocycles. The lowest BCUT2D eigenvalue weighted by atomic mass is 9.91. The zero-order valence-corrected chi connectivity index (χ0v) is 65.5. The van der Waals surface area contributed by atoms with Crippen LogP contribution in [0.25, 0.3) is 194 Å². The van der Waals surface area contributed by atoms with Gasteiger partial charge in [0.2, 0.25) is 0 Å². The average molecular weight is 1470 g/mol. The van der Waals surface area contributed by atoms with E-state index in [4.69, 9.17) is 0 Å². The van der Waals surface area contributed by atoms with E-state index in [9.17, 15) is 0 Å². The van der Waals surface area contributed by atoms with Gasteiger partial charge >= 0.3 is 0 Å². The molecule has 0 aromatic heterocycles. The minimum atomic E-state index is 0.914. The summed E-state index contributed by atoms with van der Waals surface area (Å²) in [4.78, 5) is 0. The third kappa shape index (κ3) is 14.4. The Balaban J connectivity index is 0.812. The molecule has 0 saturated heterocycles. The van der Waals surface area contributed by atoms with Gasteiger partial charge in [0.25, 0.3) is 0 Å². The lowest BCUT2D eigenvalue weighted by Crippen LogP contribution is -1.92. The molecule has 19 aromatic carbocycles. The van der Waals surface area contributed by atoms with Crippen molar-refractivity contribution in [3.05, 3.63) is 387 Å². The van der Waals surface area contributed by atoms with Gasteiger partial charge in [-0.25, -0.2) is 0 Å². The van der Waals surface area contributed by atoms with Crippen molar-refractivity contribution < 1.29 is 0 Å². The van der Waals surface area contributed by atoms with Gasteiger partial charge in [0, 0.05) is 64.6 Å². The van der Waals surface area contributed by atoms with Crippen molar-refractivity contribution in [2.45, 2.75) is 104 Å². The number of rotatable bonds is 14. The lowest BCUT2D eigenvalue weighted by Gasteiger charge is -2.13. The summed E-state index contributed by atoms with van der Waals surface area (Å²) in [5.41, 5.74) is 2.72. The number of hydrogen-bond donors (Lipinski definition) is 0. The topological polar surface area (TPSA) is 0 Å². The summed E-state index contributed by atoms with van der Waals surface area (Å²) >= 11 is 0. The molecule has 0 aliphatic carbocycles. The van der Waals surface area contributed by atoms with Gasteiger partial charge in [0.1, 0.15) is 0 Å². The number of unbranched alkanes of at least 4 members (excludes halogenated alkanes) is 10. The zero-order chi connectivity index (χ0) is 77.7. The van der Waals surface area contributed by atoms with E-state index in [0.29, 0.717) is 0 Å². The second kappa shape index (κ2) is 32.3. The molecule has 0 radical (unpaired) electrons. The molecule has 0 atom stereocenters. The zero-order valence-electron chi connectivity index (χ0n) is 65.5. The largest absolute Gasteiger partial charge is 0.0654 e. The first kappa shape index (κ1) is 71.8. The van der Waals surface area contributed by atoms with E-state index in [0.717, 1.165) is 198 Å². The summed E-state index contributed by atoms with van der Waals surface area (Å²) in [6.45, 7) is 4.57. The minimum Gasteiger partial charge on any atom is -0.0654 e. The van der Waals surface area contributed by atoms with Crippen LogP contribution in [0.3, 0.4) is 0 Å². The monoisotopic (exact) mass is 1470 g/mol. The molecule has 0 fully saturated rings. The molecule has 0 spiro atoms. The van der Waals surface area contributed by atoms with Gasteiger partial charge < -0.3 is 0 Å². The fourth-order valence-electron chi connectivity index (χ4n) is 17.7. The first-order valence-corrected chi connectivity index (χ1v) is 41.3. The molecule has 19 rings (SSSR count). The predicted molar refractivity (Wildman–Crippen MR) is 494 cm³/mol. The molecule has 19 aromatic rings. The Morgan fingerprint density at radius 3 is 0.543 bits per heavy atom. The molecular formula is C116H80. The Kier molecular flexibility index (Phi) is 20.0. The fourth-order valence-corrected chi connectivity index (χ4v) is 17.7. The van der Waals surface area contributed by atoms with Crippen LogP contribution >= 0.6 is 0 Å². The summed E-state index contributed by atoms with van der Waals surface area (Å²) < 4.78 is 0. The first-order chi connectivity index (χ1) is 57.4. The van der Waals surface area contributed by atoms with Gasteiger partial charge in [-0.15, -0.1) is 0 Å². The van der Waals surface area contributed by atoms with E-state index in [1.807, 2.05) is 0 Å². The molecule has 0 amide bonds. The van der Waals surface area contributed by atoms with Crippen molar-refractivity contribution in [1.82, 2.24) is 0 Å². The maximum absolute atomic E-state index is 3.76. The summed E-state index contributed by atoms with van der Waals surface area (Å²) in [6, 6.07) is 158. The molecule has 0 unspecified atom stereocenters. The Bertz CT molecular complexity index is 6690.